The minimum Gasteiger partial charge on any atom is -0.487 e. The zero-order chi connectivity index (χ0) is 52.6. The maximum atomic E-state index is 14.5. The SMILES string of the molecule is Cc1cc(OCc2cn(C)nn2)cc(C)c1S(=O)(=O)OCC(C)(O)C(=O)[C@H](CC(C)C)NC(=O)[C@@H](CC(=O)[C@H](CC(C)C)NC(=O)[C@H](CCc1ccccc1)CC(=O)CN1CCOCC1)Cc1ccccc1. The van der Waals surface area contributed by atoms with Crippen LogP contribution in [0.4, 0.5) is 0 Å². The van der Waals surface area contributed by atoms with Crippen molar-refractivity contribution in [2.45, 2.75) is 123 Å². The minimum atomic E-state index is -4.53. The summed E-state index contributed by atoms with van der Waals surface area (Å²) in [6.07, 6.45) is 2.79. The van der Waals surface area contributed by atoms with Crippen LogP contribution in [0.25, 0.3) is 0 Å². The van der Waals surface area contributed by atoms with E-state index in [4.69, 9.17) is 13.7 Å². The molecule has 0 bridgehead atoms. The molecule has 0 aliphatic carbocycles. The number of carbonyl (C=O) groups is 5. The van der Waals surface area contributed by atoms with Crippen LogP contribution in [0.5, 0.6) is 5.75 Å². The highest BCUT2D eigenvalue weighted by molar-refractivity contribution is 7.86. The fourth-order valence-electron chi connectivity index (χ4n) is 8.93. The van der Waals surface area contributed by atoms with E-state index in [1.807, 2.05) is 93.3 Å². The number of rotatable bonds is 29. The molecule has 4 aromatic rings. The van der Waals surface area contributed by atoms with Gasteiger partial charge in [-0.1, -0.05) is 93.6 Å². The summed E-state index contributed by atoms with van der Waals surface area (Å²) < 4.78 is 45.6. The molecule has 18 heteroatoms. The number of ketones is 3. The number of Topliss-reactive ketones (excluding diaryl/α,β-unsaturated/α-hetero) is 3. The largest absolute Gasteiger partial charge is 0.487 e. The number of aryl methyl sites for hydroxylation is 4. The zero-order valence-corrected chi connectivity index (χ0v) is 43.9. The van der Waals surface area contributed by atoms with Gasteiger partial charge in [-0.3, -0.25) is 37.7 Å². The summed E-state index contributed by atoms with van der Waals surface area (Å²) in [6, 6.07) is 19.6. The van der Waals surface area contributed by atoms with Crippen molar-refractivity contribution in [1.29, 1.82) is 0 Å². The minimum absolute atomic E-state index is 0.00230. The van der Waals surface area contributed by atoms with Crippen LogP contribution in [0.1, 0.15) is 94.7 Å². The van der Waals surface area contributed by atoms with E-state index < -0.39 is 63.8 Å². The fourth-order valence-corrected chi connectivity index (χ4v) is 10.3. The second kappa shape index (κ2) is 26.9. The Morgan fingerprint density at radius 3 is 1.97 bits per heavy atom. The van der Waals surface area contributed by atoms with Gasteiger partial charge in [0.25, 0.3) is 10.1 Å². The van der Waals surface area contributed by atoms with Gasteiger partial charge in [0.05, 0.1) is 38.0 Å². The first-order valence-electron chi connectivity index (χ1n) is 24.9. The van der Waals surface area contributed by atoms with Gasteiger partial charge in [0.2, 0.25) is 11.8 Å². The Balaban J connectivity index is 1.31. The number of ether oxygens (including phenoxy) is 2. The number of nitrogens with one attached hydrogen (secondary N) is 2. The second-order valence-corrected chi connectivity index (χ2v) is 21.8. The van der Waals surface area contributed by atoms with Gasteiger partial charge in [0.1, 0.15) is 40.9 Å². The molecule has 1 aromatic heterocycles. The molecule has 1 unspecified atom stereocenters. The fraction of sp³-hybridized carbons (Fsp3) is 0.537. The van der Waals surface area contributed by atoms with E-state index in [1.54, 1.807) is 27.1 Å². The topological polar surface area (TPSA) is 225 Å². The van der Waals surface area contributed by atoms with Gasteiger partial charge in [0, 0.05) is 44.8 Å². The second-order valence-electron chi connectivity index (χ2n) is 20.2. The Morgan fingerprint density at radius 1 is 0.819 bits per heavy atom. The first-order valence-corrected chi connectivity index (χ1v) is 26.3. The Hall–Kier alpha value is -5.66. The Bertz CT molecular complexity index is 2520. The molecule has 0 radical (unpaired) electrons. The molecule has 3 aromatic carbocycles. The van der Waals surface area contributed by atoms with Gasteiger partial charge in [-0.15, -0.1) is 5.10 Å². The van der Waals surface area contributed by atoms with Crippen LogP contribution in [0.3, 0.4) is 0 Å². The summed E-state index contributed by atoms with van der Waals surface area (Å²) in [6.45, 7) is 13.5. The number of nitrogens with zero attached hydrogens (tertiary/aromatic N) is 4. The summed E-state index contributed by atoms with van der Waals surface area (Å²) in [5, 5.41) is 25.3. The molecule has 1 fully saturated rings. The summed E-state index contributed by atoms with van der Waals surface area (Å²) in [5.74, 6) is -3.93. The van der Waals surface area contributed by atoms with Crippen molar-refractivity contribution in [1.82, 2.24) is 30.5 Å². The van der Waals surface area contributed by atoms with Gasteiger partial charge in [-0.05, 0) is 99.1 Å². The summed E-state index contributed by atoms with van der Waals surface area (Å²) in [7, 11) is -2.81. The van der Waals surface area contributed by atoms with Gasteiger partial charge in [-0.2, -0.15) is 8.42 Å². The van der Waals surface area contributed by atoms with E-state index in [0.717, 1.165) is 18.1 Å². The molecule has 392 valence electrons. The maximum Gasteiger partial charge on any atom is 0.297 e. The van der Waals surface area contributed by atoms with Crippen LogP contribution in [0.15, 0.2) is 83.9 Å². The maximum absolute atomic E-state index is 14.5. The van der Waals surface area contributed by atoms with E-state index >= 15 is 0 Å². The van der Waals surface area contributed by atoms with Crippen molar-refractivity contribution in [2.75, 3.05) is 39.5 Å². The highest BCUT2D eigenvalue weighted by atomic mass is 32.2. The molecule has 0 spiro atoms. The molecule has 2 heterocycles. The van der Waals surface area contributed by atoms with Gasteiger partial charge >= 0.3 is 0 Å². The van der Waals surface area contributed by atoms with Crippen LogP contribution in [0, 0.1) is 37.5 Å². The molecule has 3 N–H and O–H groups in total. The number of hydrogen-bond donors (Lipinski definition) is 3. The standard InChI is InChI=1S/C54H74N6O11S/c1-36(2)25-47(55-52(64)42(20-19-40-15-11-9-12-16-40)30-45(61)33-60-21-23-69-24-22-60)49(62)31-43(29-41-17-13-10-14-18-41)53(65)56-48(26-37(3)4)51(63)54(7,66)35-71-72(67,68)50-38(5)27-46(28-39(50)6)70-34-44-32-59(8)58-57-44/h9-18,27-28,32,36-37,42-43,47-48,66H,19-26,29-31,33-35H2,1-8H3,(H,55,64)(H,56,65)/t42-,43-,47+,48+,54?/m1/s1. The van der Waals surface area contributed by atoms with Crippen LogP contribution in [-0.2, 0) is 69.5 Å². The van der Waals surface area contributed by atoms with Crippen LogP contribution >= 0.6 is 0 Å². The molecule has 1 saturated heterocycles. The summed E-state index contributed by atoms with van der Waals surface area (Å²) in [5.41, 5.74) is 0.580. The third-order valence-electron chi connectivity index (χ3n) is 12.6. The molecule has 1 aliphatic heterocycles. The molecule has 0 saturated carbocycles. The van der Waals surface area contributed by atoms with Crippen molar-refractivity contribution in [3.8, 4) is 5.75 Å². The first kappa shape index (κ1) is 57.2. The lowest BCUT2D eigenvalue weighted by molar-refractivity contribution is -0.143. The van der Waals surface area contributed by atoms with E-state index in [-0.39, 0.29) is 73.6 Å². The number of benzene rings is 3. The lowest BCUT2D eigenvalue weighted by atomic mass is 9.86. The highest BCUT2D eigenvalue weighted by Crippen LogP contribution is 2.29. The number of morpholine rings is 1. The van der Waals surface area contributed by atoms with Gasteiger partial charge in [0.15, 0.2) is 11.6 Å². The molecule has 17 nitrogen and oxygen atoms in total. The molecular formula is C54H74N6O11S. The third kappa shape index (κ3) is 17.8. The molecular weight excluding hydrogens is 941 g/mol. The molecule has 1 aliphatic rings. The number of amides is 2. The molecule has 5 atom stereocenters. The quantitative estimate of drug-likeness (QED) is 0.0575. The average molecular weight is 1020 g/mol. The van der Waals surface area contributed by atoms with Crippen molar-refractivity contribution in [3.05, 3.63) is 107 Å². The smallest absolute Gasteiger partial charge is 0.297 e. The Kier molecular flexibility index (Phi) is 21.4. The average Bonchev–Trinajstić information content (AvgIpc) is 3.75. The lowest BCUT2D eigenvalue weighted by Crippen LogP contribution is -2.54. The van der Waals surface area contributed by atoms with Crippen molar-refractivity contribution < 1.29 is 51.2 Å². The highest BCUT2D eigenvalue weighted by Gasteiger charge is 2.41. The van der Waals surface area contributed by atoms with Gasteiger partial charge in [-0.25, -0.2) is 0 Å². The number of hydrogen-bond acceptors (Lipinski definition) is 14. The van der Waals surface area contributed by atoms with E-state index in [0.29, 0.717) is 61.7 Å². The lowest BCUT2D eigenvalue weighted by Gasteiger charge is -2.30. The first-order chi connectivity index (χ1) is 34.1. The van der Waals surface area contributed by atoms with Crippen LogP contribution < -0.4 is 15.4 Å². The van der Waals surface area contributed by atoms with Crippen molar-refractivity contribution in [3.63, 3.8) is 0 Å². The predicted molar refractivity (Wildman–Crippen MR) is 271 cm³/mol. The van der Waals surface area contributed by atoms with E-state index in [1.165, 1.54) is 16.8 Å². The summed E-state index contributed by atoms with van der Waals surface area (Å²) >= 11 is 0. The zero-order valence-electron chi connectivity index (χ0n) is 43.1. The summed E-state index contributed by atoms with van der Waals surface area (Å²) in [4.78, 5) is 73.0. The van der Waals surface area contributed by atoms with Crippen LogP contribution in [0.2, 0.25) is 0 Å². The molecule has 5 rings (SSSR count). The van der Waals surface area contributed by atoms with E-state index in [2.05, 4.69) is 20.9 Å². The predicted octanol–water partition coefficient (Wildman–Crippen LogP) is 5.46. The normalized spacial score (nSPS) is 15.8. The van der Waals surface area contributed by atoms with Crippen LogP contribution in [-0.4, -0.2) is 120 Å². The molecule has 2 amide bonds. The Morgan fingerprint density at radius 2 is 1.39 bits per heavy atom. The Labute approximate surface area is 424 Å². The molecule has 72 heavy (non-hydrogen) atoms. The van der Waals surface area contributed by atoms with Crippen molar-refractivity contribution >= 4 is 39.3 Å². The number of aliphatic hydroxyl groups is 1. The van der Waals surface area contributed by atoms with Gasteiger partial charge < -0.3 is 25.2 Å². The van der Waals surface area contributed by atoms with E-state index in [9.17, 15) is 37.5 Å². The number of carbonyl (C=O) groups excluding carboxylic acids is 5. The monoisotopic (exact) mass is 1010 g/mol. The van der Waals surface area contributed by atoms with Crippen molar-refractivity contribution in [2.24, 2.45) is 30.7 Å². The third-order valence-corrected chi connectivity index (χ3v) is 14.2. The number of aromatic nitrogens is 3.